The normalized spacial score (nSPS) is 11.5. The van der Waals surface area contributed by atoms with Crippen LogP contribution in [0.2, 0.25) is 5.02 Å². The van der Waals surface area contributed by atoms with Crippen LogP contribution >= 0.6 is 22.9 Å². The van der Waals surface area contributed by atoms with E-state index in [9.17, 15) is 9.90 Å². The van der Waals surface area contributed by atoms with Crippen molar-refractivity contribution in [1.29, 1.82) is 0 Å². The highest BCUT2D eigenvalue weighted by atomic mass is 35.5. The SMILES string of the molecule is CC(C)(C)O.Cc1cc2nc(-c3ccnc(-c4cc(C)c5nn(C)cc5c4)c3)sc2c(-c2ccc(Cl)cc2)c1CC(=O)O. The first-order chi connectivity index (χ1) is 20.3. The standard InChI is InChI=1S/C30H23ClN4O2S.C4H10O/c1-16-11-25-29(27(23(16)14-26(36)37)18-4-6-22(31)7-5-18)38-30(33-25)19-8-9-32-24(13-19)20-10-17(2)28-21(12-20)15-35(3)34-28;1-4(2,3)5/h4-13,15H,14H2,1-3H3,(H,36,37);5H,1-3H3. The third kappa shape index (κ3) is 6.94. The van der Waals surface area contributed by atoms with Crippen LogP contribution in [-0.4, -0.2) is 41.5 Å². The highest BCUT2D eigenvalue weighted by Gasteiger charge is 2.20. The fourth-order valence-corrected chi connectivity index (χ4v) is 6.22. The molecule has 0 atom stereocenters. The molecule has 220 valence electrons. The molecule has 0 aliphatic rings. The second-order valence-corrected chi connectivity index (χ2v) is 13.1. The molecule has 0 aliphatic heterocycles. The topological polar surface area (TPSA) is 101 Å². The molecule has 0 saturated carbocycles. The van der Waals surface area contributed by atoms with Gasteiger partial charge in [0, 0.05) is 46.5 Å². The van der Waals surface area contributed by atoms with Crippen molar-refractivity contribution < 1.29 is 15.0 Å². The van der Waals surface area contributed by atoms with Crippen molar-refractivity contribution in [3.05, 3.63) is 88.7 Å². The number of carboxylic acid groups (broad SMARTS) is 1. The number of benzene rings is 3. The minimum absolute atomic E-state index is 0.0669. The molecule has 3 heterocycles. The van der Waals surface area contributed by atoms with Crippen LogP contribution in [0.4, 0.5) is 0 Å². The molecule has 6 aromatic rings. The Labute approximate surface area is 259 Å². The number of halogens is 1. The number of nitrogens with zero attached hydrogens (tertiary/aromatic N) is 4. The molecule has 43 heavy (non-hydrogen) atoms. The van der Waals surface area contributed by atoms with Crippen LogP contribution < -0.4 is 0 Å². The molecule has 0 unspecified atom stereocenters. The summed E-state index contributed by atoms with van der Waals surface area (Å²) in [7, 11) is 1.92. The Bertz CT molecular complexity index is 1960. The van der Waals surface area contributed by atoms with Gasteiger partial charge in [0.25, 0.3) is 0 Å². The van der Waals surface area contributed by atoms with E-state index in [0.717, 1.165) is 70.8 Å². The zero-order chi connectivity index (χ0) is 31.1. The van der Waals surface area contributed by atoms with Crippen molar-refractivity contribution in [3.8, 4) is 33.0 Å². The van der Waals surface area contributed by atoms with E-state index in [2.05, 4.69) is 35.2 Å². The van der Waals surface area contributed by atoms with Gasteiger partial charge in [0.15, 0.2) is 0 Å². The van der Waals surface area contributed by atoms with Crippen molar-refractivity contribution in [3.63, 3.8) is 0 Å². The summed E-state index contributed by atoms with van der Waals surface area (Å²) in [4.78, 5) is 21.4. The number of carbonyl (C=O) groups is 1. The quantitative estimate of drug-likeness (QED) is 0.203. The number of aliphatic carboxylic acids is 1. The Hall–Kier alpha value is -4.11. The first-order valence-corrected chi connectivity index (χ1v) is 15.0. The van der Waals surface area contributed by atoms with E-state index >= 15 is 0 Å². The third-order valence-corrected chi connectivity index (χ3v) is 8.08. The first-order valence-electron chi connectivity index (χ1n) is 13.8. The molecule has 0 amide bonds. The number of aliphatic hydroxyl groups is 1. The Morgan fingerprint density at radius 1 is 0.977 bits per heavy atom. The van der Waals surface area contributed by atoms with Crippen LogP contribution in [0.25, 0.3) is 54.1 Å². The molecule has 0 spiro atoms. The van der Waals surface area contributed by atoms with Gasteiger partial charge in [-0.05, 0) is 99.3 Å². The summed E-state index contributed by atoms with van der Waals surface area (Å²) in [5.74, 6) is -0.868. The second kappa shape index (κ2) is 11.9. The average molecular weight is 613 g/mol. The Morgan fingerprint density at radius 2 is 1.67 bits per heavy atom. The zero-order valence-electron chi connectivity index (χ0n) is 24.9. The molecule has 6 rings (SSSR count). The summed E-state index contributed by atoms with van der Waals surface area (Å²) in [5.41, 5.74) is 8.77. The molecular weight excluding hydrogens is 580 g/mol. The predicted molar refractivity (Wildman–Crippen MR) is 176 cm³/mol. The molecule has 0 saturated heterocycles. The van der Waals surface area contributed by atoms with Gasteiger partial charge in [-0.15, -0.1) is 11.3 Å². The van der Waals surface area contributed by atoms with Crippen molar-refractivity contribution in [1.82, 2.24) is 19.7 Å². The summed E-state index contributed by atoms with van der Waals surface area (Å²) < 4.78 is 2.78. The average Bonchev–Trinajstić information content (AvgIpc) is 3.52. The van der Waals surface area contributed by atoms with E-state index in [4.69, 9.17) is 21.7 Å². The van der Waals surface area contributed by atoms with Gasteiger partial charge in [-0.3, -0.25) is 14.5 Å². The molecule has 0 radical (unpaired) electrons. The lowest BCUT2D eigenvalue weighted by Gasteiger charge is -2.13. The minimum atomic E-state index is -0.868. The maximum absolute atomic E-state index is 11.8. The van der Waals surface area contributed by atoms with E-state index < -0.39 is 11.6 Å². The van der Waals surface area contributed by atoms with E-state index in [0.29, 0.717) is 5.02 Å². The lowest BCUT2D eigenvalue weighted by molar-refractivity contribution is -0.136. The molecule has 0 aliphatic carbocycles. The number of hydrogen-bond donors (Lipinski definition) is 2. The van der Waals surface area contributed by atoms with Gasteiger partial charge in [-0.1, -0.05) is 23.7 Å². The van der Waals surface area contributed by atoms with Crippen LogP contribution in [0, 0.1) is 13.8 Å². The van der Waals surface area contributed by atoms with Crippen LogP contribution in [0.1, 0.15) is 37.5 Å². The van der Waals surface area contributed by atoms with E-state index in [1.807, 2.05) is 61.2 Å². The van der Waals surface area contributed by atoms with Gasteiger partial charge in [0.1, 0.15) is 5.01 Å². The van der Waals surface area contributed by atoms with Gasteiger partial charge >= 0.3 is 5.97 Å². The fraction of sp³-hybridized carbons (Fsp3) is 0.235. The Kier molecular flexibility index (Phi) is 8.38. The predicted octanol–water partition coefficient (Wildman–Crippen LogP) is 8.25. The lowest BCUT2D eigenvalue weighted by atomic mass is 9.93. The summed E-state index contributed by atoms with van der Waals surface area (Å²) in [5, 5.41) is 25.3. The van der Waals surface area contributed by atoms with Crippen LogP contribution in [0.3, 0.4) is 0 Å². The zero-order valence-corrected chi connectivity index (χ0v) is 26.5. The fourth-order valence-electron chi connectivity index (χ4n) is 4.96. The smallest absolute Gasteiger partial charge is 0.307 e. The second-order valence-electron chi connectivity index (χ2n) is 11.6. The molecule has 3 aromatic carbocycles. The Balaban J connectivity index is 0.000000682. The molecule has 0 fully saturated rings. The summed E-state index contributed by atoms with van der Waals surface area (Å²) in [6.07, 6.45) is 3.75. The van der Waals surface area contributed by atoms with Crippen molar-refractivity contribution in [2.75, 3.05) is 0 Å². The third-order valence-electron chi connectivity index (χ3n) is 6.69. The minimum Gasteiger partial charge on any atom is -0.481 e. The Morgan fingerprint density at radius 3 is 2.35 bits per heavy atom. The summed E-state index contributed by atoms with van der Waals surface area (Å²) >= 11 is 7.71. The maximum atomic E-state index is 11.8. The highest BCUT2D eigenvalue weighted by Crippen LogP contribution is 2.41. The number of fused-ring (bicyclic) bond motifs is 2. The molecular formula is C34H33ClN4O3S. The van der Waals surface area contributed by atoms with Crippen molar-refractivity contribution >= 4 is 50.0 Å². The van der Waals surface area contributed by atoms with Crippen LogP contribution in [0.5, 0.6) is 0 Å². The first kappa shape index (κ1) is 30.4. The number of aromatic nitrogens is 4. The molecule has 0 bridgehead atoms. The van der Waals surface area contributed by atoms with E-state index in [1.165, 1.54) is 0 Å². The number of aryl methyl sites for hydroxylation is 3. The summed E-state index contributed by atoms with van der Waals surface area (Å²) in [6, 6.07) is 17.7. The van der Waals surface area contributed by atoms with Gasteiger partial charge in [-0.25, -0.2) is 4.98 Å². The van der Waals surface area contributed by atoms with Gasteiger partial charge in [0.05, 0.1) is 33.4 Å². The van der Waals surface area contributed by atoms with Crippen LogP contribution in [0.15, 0.2) is 67.0 Å². The molecule has 7 nitrogen and oxygen atoms in total. The van der Waals surface area contributed by atoms with Gasteiger partial charge < -0.3 is 10.2 Å². The number of hydrogen-bond acceptors (Lipinski definition) is 6. The number of carboxylic acids is 1. The van der Waals surface area contributed by atoms with Gasteiger partial charge in [0.2, 0.25) is 0 Å². The van der Waals surface area contributed by atoms with E-state index in [-0.39, 0.29) is 6.42 Å². The summed E-state index contributed by atoms with van der Waals surface area (Å²) in [6.45, 7) is 9.23. The molecule has 3 aromatic heterocycles. The van der Waals surface area contributed by atoms with Crippen molar-refractivity contribution in [2.24, 2.45) is 7.05 Å². The molecule has 2 N–H and O–H groups in total. The van der Waals surface area contributed by atoms with Gasteiger partial charge in [-0.2, -0.15) is 5.10 Å². The maximum Gasteiger partial charge on any atom is 0.307 e. The van der Waals surface area contributed by atoms with E-state index in [1.54, 1.807) is 38.3 Å². The largest absolute Gasteiger partial charge is 0.481 e. The number of rotatable bonds is 5. The number of thiazole rings is 1. The highest BCUT2D eigenvalue weighted by molar-refractivity contribution is 7.22. The number of pyridine rings is 1. The van der Waals surface area contributed by atoms with Crippen LogP contribution in [-0.2, 0) is 18.3 Å². The monoisotopic (exact) mass is 612 g/mol. The van der Waals surface area contributed by atoms with Crippen molar-refractivity contribution in [2.45, 2.75) is 46.6 Å². The molecule has 9 heteroatoms. The lowest BCUT2D eigenvalue weighted by Crippen LogP contribution is -2.10.